The average Bonchev–Trinajstić information content (AvgIpc) is 2.60. The quantitative estimate of drug-likeness (QED) is 0.744. The van der Waals surface area contributed by atoms with E-state index in [9.17, 15) is 0 Å². The summed E-state index contributed by atoms with van der Waals surface area (Å²) >= 11 is 0. The standard InChI is InChI=1S/C9H12N6/c1-11-9-12-4-3-7(14-9)6-5-13-15(2)8(6)10/h3-5H,10H2,1-2H3,(H,11,12,14). The number of aromatic nitrogens is 4. The Kier molecular flexibility index (Phi) is 2.24. The Bertz CT molecular complexity index is 475. The fraction of sp³-hybridized carbons (Fsp3) is 0.222. The number of nitrogens with two attached hydrogens (primary N) is 1. The van der Waals surface area contributed by atoms with Crippen LogP contribution in [-0.4, -0.2) is 26.8 Å². The molecule has 0 amide bonds. The Hall–Kier alpha value is -2.11. The van der Waals surface area contributed by atoms with Gasteiger partial charge >= 0.3 is 0 Å². The van der Waals surface area contributed by atoms with Crippen LogP contribution in [0.2, 0.25) is 0 Å². The Morgan fingerprint density at radius 3 is 2.87 bits per heavy atom. The van der Waals surface area contributed by atoms with Crippen LogP contribution in [0, 0.1) is 0 Å². The molecule has 0 saturated carbocycles. The minimum atomic E-state index is 0.566. The number of rotatable bonds is 2. The van der Waals surface area contributed by atoms with Crippen LogP contribution in [0.5, 0.6) is 0 Å². The Balaban J connectivity index is 2.49. The predicted octanol–water partition coefficient (Wildman–Crippen LogP) is 0.501. The lowest BCUT2D eigenvalue weighted by molar-refractivity contribution is 0.779. The van der Waals surface area contributed by atoms with Gasteiger partial charge in [-0.25, -0.2) is 9.97 Å². The molecular weight excluding hydrogens is 192 g/mol. The highest BCUT2D eigenvalue weighted by Gasteiger charge is 2.08. The van der Waals surface area contributed by atoms with Gasteiger partial charge in [0.15, 0.2) is 0 Å². The van der Waals surface area contributed by atoms with E-state index >= 15 is 0 Å². The summed E-state index contributed by atoms with van der Waals surface area (Å²) in [6.45, 7) is 0. The molecule has 0 aliphatic carbocycles. The van der Waals surface area contributed by atoms with Crippen molar-refractivity contribution in [3.63, 3.8) is 0 Å². The summed E-state index contributed by atoms with van der Waals surface area (Å²) in [5.41, 5.74) is 7.43. The highest BCUT2D eigenvalue weighted by atomic mass is 15.3. The van der Waals surface area contributed by atoms with E-state index in [0.717, 1.165) is 11.3 Å². The summed E-state index contributed by atoms with van der Waals surface area (Å²) in [4.78, 5) is 8.31. The third-order valence-corrected chi connectivity index (χ3v) is 2.14. The second kappa shape index (κ2) is 3.56. The molecule has 0 saturated heterocycles. The van der Waals surface area contributed by atoms with Crippen molar-refractivity contribution in [2.75, 3.05) is 18.1 Å². The zero-order valence-corrected chi connectivity index (χ0v) is 8.60. The van der Waals surface area contributed by atoms with Crippen molar-refractivity contribution in [2.45, 2.75) is 0 Å². The topological polar surface area (TPSA) is 81.7 Å². The molecule has 0 aliphatic heterocycles. The number of aryl methyl sites for hydroxylation is 1. The van der Waals surface area contributed by atoms with Crippen molar-refractivity contribution in [1.29, 1.82) is 0 Å². The summed E-state index contributed by atoms with van der Waals surface area (Å²) in [5.74, 6) is 1.16. The smallest absolute Gasteiger partial charge is 0.222 e. The molecule has 0 fully saturated rings. The Labute approximate surface area is 87.2 Å². The monoisotopic (exact) mass is 204 g/mol. The van der Waals surface area contributed by atoms with Crippen LogP contribution < -0.4 is 11.1 Å². The van der Waals surface area contributed by atoms with Gasteiger partial charge in [0.1, 0.15) is 5.82 Å². The molecular formula is C9H12N6. The zero-order chi connectivity index (χ0) is 10.8. The van der Waals surface area contributed by atoms with Crippen LogP contribution in [0.25, 0.3) is 11.3 Å². The van der Waals surface area contributed by atoms with E-state index in [1.807, 2.05) is 0 Å². The second-order valence-electron chi connectivity index (χ2n) is 3.08. The first kappa shape index (κ1) is 9.45. The normalized spacial score (nSPS) is 10.3. The molecule has 15 heavy (non-hydrogen) atoms. The molecule has 6 heteroatoms. The first-order valence-corrected chi connectivity index (χ1v) is 4.51. The molecule has 2 aromatic heterocycles. The van der Waals surface area contributed by atoms with E-state index in [-0.39, 0.29) is 0 Å². The maximum atomic E-state index is 5.85. The minimum Gasteiger partial charge on any atom is -0.383 e. The first-order chi connectivity index (χ1) is 7.22. The van der Waals surface area contributed by atoms with Crippen molar-refractivity contribution >= 4 is 11.8 Å². The van der Waals surface area contributed by atoms with Crippen LogP contribution in [-0.2, 0) is 7.05 Å². The minimum absolute atomic E-state index is 0.566. The van der Waals surface area contributed by atoms with Crippen molar-refractivity contribution < 1.29 is 0 Å². The van der Waals surface area contributed by atoms with Crippen LogP contribution in [0.3, 0.4) is 0 Å². The molecule has 0 aromatic carbocycles. The number of nitrogens with one attached hydrogen (secondary N) is 1. The molecule has 0 unspecified atom stereocenters. The van der Waals surface area contributed by atoms with Gasteiger partial charge in [-0.05, 0) is 6.07 Å². The first-order valence-electron chi connectivity index (χ1n) is 4.51. The molecule has 78 valence electrons. The van der Waals surface area contributed by atoms with Crippen LogP contribution >= 0.6 is 0 Å². The van der Waals surface area contributed by atoms with E-state index < -0.39 is 0 Å². The summed E-state index contributed by atoms with van der Waals surface area (Å²) in [6.07, 6.45) is 3.37. The number of hydrogen-bond acceptors (Lipinski definition) is 5. The summed E-state index contributed by atoms with van der Waals surface area (Å²) in [5, 5.41) is 6.93. The lowest BCUT2D eigenvalue weighted by Gasteiger charge is -2.02. The van der Waals surface area contributed by atoms with Gasteiger partial charge in [-0.2, -0.15) is 5.10 Å². The Morgan fingerprint density at radius 1 is 1.47 bits per heavy atom. The lowest BCUT2D eigenvalue weighted by Crippen LogP contribution is -2.00. The van der Waals surface area contributed by atoms with Gasteiger partial charge in [0.25, 0.3) is 0 Å². The number of nitrogen functional groups attached to an aromatic ring is 1. The van der Waals surface area contributed by atoms with Crippen molar-refractivity contribution in [3.8, 4) is 11.3 Å². The van der Waals surface area contributed by atoms with E-state index in [2.05, 4.69) is 20.4 Å². The highest BCUT2D eigenvalue weighted by molar-refractivity contribution is 5.70. The number of nitrogens with zero attached hydrogens (tertiary/aromatic N) is 4. The van der Waals surface area contributed by atoms with Crippen LogP contribution in [0.15, 0.2) is 18.5 Å². The third-order valence-electron chi connectivity index (χ3n) is 2.14. The fourth-order valence-electron chi connectivity index (χ4n) is 1.27. The third kappa shape index (κ3) is 1.61. The maximum Gasteiger partial charge on any atom is 0.222 e. The molecule has 0 aliphatic rings. The lowest BCUT2D eigenvalue weighted by atomic mass is 10.2. The predicted molar refractivity (Wildman–Crippen MR) is 58.2 cm³/mol. The van der Waals surface area contributed by atoms with Gasteiger partial charge in [0.2, 0.25) is 5.95 Å². The number of anilines is 2. The zero-order valence-electron chi connectivity index (χ0n) is 8.60. The highest BCUT2D eigenvalue weighted by Crippen LogP contribution is 2.22. The molecule has 0 atom stereocenters. The summed E-state index contributed by atoms with van der Waals surface area (Å²) in [6, 6.07) is 1.80. The largest absolute Gasteiger partial charge is 0.383 e. The SMILES string of the molecule is CNc1nccc(-c2cnn(C)c2N)n1. The Morgan fingerprint density at radius 2 is 2.27 bits per heavy atom. The molecule has 3 N–H and O–H groups in total. The van der Waals surface area contributed by atoms with Gasteiger partial charge in [-0.1, -0.05) is 0 Å². The molecule has 0 bridgehead atoms. The van der Waals surface area contributed by atoms with Gasteiger partial charge in [0.05, 0.1) is 17.5 Å². The summed E-state index contributed by atoms with van der Waals surface area (Å²) in [7, 11) is 3.56. The molecule has 0 radical (unpaired) electrons. The molecule has 6 nitrogen and oxygen atoms in total. The van der Waals surface area contributed by atoms with E-state index in [4.69, 9.17) is 5.73 Å². The van der Waals surface area contributed by atoms with Crippen molar-refractivity contribution in [3.05, 3.63) is 18.5 Å². The molecule has 2 rings (SSSR count). The second-order valence-corrected chi connectivity index (χ2v) is 3.08. The van der Waals surface area contributed by atoms with Gasteiger partial charge < -0.3 is 11.1 Å². The van der Waals surface area contributed by atoms with Crippen molar-refractivity contribution in [2.24, 2.45) is 7.05 Å². The van der Waals surface area contributed by atoms with E-state index in [0.29, 0.717) is 11.8 Å². The average molecular weight is 204 g/mol. The van der Waals surface area contributed by atoms with Gasteiger partial charge in [-0.15, -0.1) is 0 Å². The van der Waals surface area contributed by atoms with Gasteiger partial charge in [-0.3, -0.25) is 4.68 Å². The fourth-order valence-corrected chi connectivity index (χ4v) is 1.27. The molecule has 2 heterocycles. The van der Waals surface area contributed by atoms with Crippen LogP contribution in [0.1, 0.15) is 0 Å². The summed E-state index contributed by atoms with van der Waals surface area (Å²) < 4.78 is 1.61. The molecule has 0 spiro atoms. The van der Waals surface area contributed by atoms with Crippen LogP contribution in [0.4, 0.5) is 11.8 Å². The molecule has 2 aromatic rings. The van der Waals surface area contributed by atoms with Crippen molar-refractivity contribution in [1.82, 2.24) is 19.7 Å². The number of hydrogen-bond donors (Lipinski definition) is 2. The van der Waals surface area contributed by atoms with E-state index in [1.165, 1.54) is 0 Å². The van der Waals surface area contributed by atoms with Gasteiger partial charge in [0, 0.05) is 20.3 Å². The van der Waals surface area contributed by atoms with E-state index in [1.54, 1.807) is 37.2 Å². The maximum absolute atomic E-state index is 5.85.